The van der Waals surface area contributed by atoms with E-state index in [1.165, 1.54) is 64.2 Å². The third-order valence-electron chi connectivity index (χ3n) is 6.31. The molecule has 3 heteroatoms. The van der Waals surface area contributed by atoms with Crippen LogP contribution in [0, 0.1) is 11.8 Å². The van der Waals surface area contributed by atoms with Crippen LogP contribution in [0.3, 0.4) is 0 Å². The number of ether oxygens (including phenoxy) is 1. The summed E-state index contributed by atoms with van der Waals surface area (Å²) in [4.78, 5) is 0. The second-order valence-electron chi connectivity index (χ2n) is 8.98. The Bertz CT molecular complexity index is 321. The Balaban J connectivity index is 4.10. The molecule has 170 valence electrons. The monoisotopic (exact) mass is 400 g/mol. The van der Waals surface area contributed by atoms with Gasteiger partial charge in [-0.3, -0.25) is 0 Å². The molecule has 0 radical (unpaired) electrons. The highest BCUT2D eigenvalue weighted by Gasteiger charge is 2.29. The highest BCUT2D eigenvalue weighted by atomic mass is 16.6. The van der Waals surface area contributed by atoms with Gasteiger partial charge in [0.05, 0.1) is 12.2 Å². The summed E-state index contributed by atoms with van der Waals surface area (Å²) >= 11 is 0. The molecule has 0 aromatic rings. The zero-order valence-corrected chi connectivity index (χ0v) is 19.8. The van der Waals surface area contributed by atoms with Gasteiger partial charge in [0, 0.05) is 5.92 Å². The van der Waals surface area contributed by atoms with Crippen LogP contribution in [-0.2, 0) is 4.74 Å². The van der Waals surface area contributed by atoms with Crippen molar-refractivity contribution in [1.82, 2.24) is 0 Å². The van der Waals surface area contributed by atoms with Gasteiger partial charge in [0.1, 0.15) is 0 Å². The van der Waals surface area contributed by atoms with Crippen LogP contribution in [0.1, 0.15) is 131 Å². The summed E-state index contributed by atoms with van der Waals surface area (Å²) < 4.78 is 5.96. The number of hydrogen-bond acceptors (Lipinski definition) is 3. The molecule has 0 bridgehead atoms. The van der Waals surface area contributed by atoms with Crippen molar-refractivity contribution in [3.8, 4) is 0 Å². The SMILES string of the molecule is CCCCCCCCCCCCCC(OC(O)CCC)C(C)C(O)C(C)CC. The van der Waals surface area contributed by atoms with E-state index >= 15 is 0 Å². The first kappa shape index (κ1) is 27.9. The quantitative estimate of drug-likeness (QED) is 0.167. The minimum Gasteiger partial charge on any atom is -0.392 e. The lowest BCUT2D eigenvalue weighted by molar-refractivity contribution is -0.168. The summed E-state index contributed by atoms with van der Waals surface area (Å²) in [7, 11) is 0. The molecule has 0 aliphatic rings. The molecule has 0 fully saturated rings. The Morgan fingerprint density at radius 2 is 1.14 bits per heavy atom. The lowest BCUT2D eigenvalue weighted by atomic mass is 9.86. The van der Waals surface area contributed by atoms with E-state index in [1.54, 1.807) is 0 Å². The van der Waals surface area contributed by atoms with E-state index in [0.29, 0.717) is 6.42 Å². The zero-order valence-electron chi connectivity index (χ0n) is 19.8. The van der Waals surface area contributed by atoms with Gasteiger partial charge in [0.25, 0.3) is 0 Å². The van der Waals surface area contributed by atoms with Crippen molar-refractivity contribution in [2.75, 3.05) is 0 Å². The molecule has 0 saturated carbocycles. The summed E-state index contributed by atoms with van der Waals surface area (Å²) in [6.07, 6.45) is 17.0. The maximum Gasteiger partial charge on any atom is 0.154 e. The van der Waals surface area contributed by atoms with Crippen molar-refractivity contribution in [2.45, 2.75) is 149 Å². The van der Waals surface area contributed by atoms with Gasteiger partial charge in [-0.25, -0.2) is 0 Å². The number of rotatable bonds is 20. The number of aliphatic hydroxyl groups excluding tert-OH is 2. The molecule has 0 heterocycles. The fourth-order valence-electron chi connectivity index (χ4n) is 3.96. The Labute approximate surface area is 176 Å². The predicted molar refractivity (Wildman–Crippen MR) is 121 cm³/mol. The van der Waals surface area contributed by atoms with E-state index in [4.69, 9.17) is 4.74 Å². The lowest BCUT2D eigenvalue weighted by Crippen LogP contribution is -2.37. The van der Waals surface area contributed by atoms with Gasteiger partial charge in [-0.1, -0.05) is 118 Å². The van der Waals surface area contributed by atoms with Crippen LogP contribution in [-0.4, -0.2) is 28.7 Å². The van der Waals surface area contributed by atoms with Gasteiger partial charge in [-0.05, 0) is 18.8 Å². The van der Waals surface area contributed by atoms with Gasteiger partial charge in [0.2, 0.25) is 0 Å². The summed E-state index contributed by atoms with van der Waals surface area (Å²) in [6, 6.07) is 0. The fourth-order valence-corrected chi connectivity index (χ4v) is 3.96. The van der Waals surface area contributed by atoms with E-state index in [0.717, 1.165) is 25.7 Å². The second kappa shape index (κ2) is 18.9. The highest BCUT2D eigenvalue weighted by molar-refractivity contribution is 4.78. The molecule has 5 unspecified atom stereocenters. The summed E-state index contributed by atoms with van der Waals surface area (Å²) in [5.41, 5.74) is 0. The van der Waals surface area contributed by atoms with Crippen LogP contribution in [0.4, 0.5) is 0 Å². The zero-order chi connectivity index (χ0) is 21.2. The average molecular weight is 401 g/mol. The predicted octanol–water partition coefficient (Wildman–Crippen LogP) is 7.23. The molecule has 0 saturated heterocycles. The fraction of sp³-hybridized carbons (Fsp3) is 1.00. The molecule has 0 aromatic carbocycles. The highest BCUT2D eigenvalue weighted by Crippen LogP contribution is 2.26. The Morgan fingerprint density at radius 1 is 0.643 bits per heavy atom. The van der Waals surface area contributed by atoms with Crippen molar-refractivity contribution >= 4 is 0 Å². The first-order chi connectivity index (χ1) is 13.5. The van der Waals surface area contributed by atoms with Crippen molar-refractivity contribution in [2.24, 2.45) is 11.8 Å². The molecule has 2 N–H and O–H groups in total. The van der Waals surface area contributed by atoms with Gasteiger partial charge in [-0.15, -0.1) is 0 Å². The molecule has 0 aromatic heterocycles. The third-order valence-corrected chi connectivity index (χ3v) is 6.31. The van der Waals surface area contributed by atoms with Crippen molar-refractivity contribution in [3.63, 3.8) is 0 Å². The normalized spacial score (nSPS) is 17.2. The largest absolute Gasteiger partial charge is 0.392 e. The Morgan fingerprint density at radius 3 is 1.61 bits per heavy atom. The van der Waals surface area contributed by atoms with Crippen LogP contribution in [0.15, 0.2) is 0 Å². The maximum atomic E-state index is 10.6. The molecule has 5 atom stereocenters. The van der Waals surface area contributed by atoms with Crippen LogP contribution in [0.2, 0.25) is 0 Å². The van der Waals surface area contributed by atoms with E-state index in [1.807, 2.05) is 0 Å². The molecule has 0 aliphatic heterocycles. The van der Waals surface area contributed by atoms with Gasteiger partial charge in [-0.2, -0.15) is 0 Å². The minimum atomic E-state index is -0.700. The topological polar surface area (TPSA) is 49.7 Å². The summed E-state index contributed by atoms with van der Waals surface area (Å²) in [5.74, 6) is 0.325. The molecule has 3 nitrogen and oxygen atoms in total. The lowest BCUT2D eigenvalue weighted by Gasteiger charge is -2.32. The van der Waals surface area contributed by atoms with E-state index in [-0.39, 0.29) is 24.0 Å². The molecule has 0 rings (SSSR count). The Hall–Kier alpha value is -0.120. The van der Waals surface area contributed by atoms with Crippen molar-refractivity contribution in [1.29, 1.82) is 0 Å². The van der Waals surface area contributed by atoms with Crippen molar-refractivity contribution in [3.05, 3.63) is 0 Å². The smallest absolute Gasteiger partial charge is 0.154 e. The van der Waals surface area contributed by atoms with E-state index in [2.05, 4.69) is 34.6 Å². The molecular weight excluding hydrogens is 348 g/mol. The van der Waals surface area contributed by atoms with Crippen LogP contribution >= 0.6 is 0 Å². The maximum absolute atomic E-state index is 10.6. The van der Waals surface area contributed by atoms with Crippen LogP contribution < -0.4 is 0 Å². The minimum absolute atomic E-state index is 0.0517. The first-order valence-electron chi connectivity index (χ1n) is 12.5. The van der Waals surface area contributed by atoms with Gasteiger partial charge >= 0.3 is 0 Å². The number of aliphatic hydroxyl groups is 2. The molecule has 0 aliphatic carbocycles. The average Bonchev–Trinajstić information content (AvgIpc) is 2.69. The molecule has 28 heavy (non-hydrogen) atoms. The van der Waals surface area contributed by atoms with Crippen molar-refractivity contribution < 1.29 is 14.9 Å². The molecular formula is C25H52O3. The van der Waals surface area contributed by atoms with Crippen LogP contribution in [0.25, 0.3) is 0 Å². The third kappa shape index (κ3) is 14.0. The number of unbranched alkanes of at least 4 members (excludes halogenated alkanes) is 10. The second-order valence-corrected chi connectivity index (χ2v) is 8.98. The van der Waals surface area contributed by atoms with E-state index < -0.39 is 6.29 Å². The molecule has 0 spiro atoms. The molecule has 0 amide bonds. The van der Waals surface area contributed by atoms with Crippen LogP contribution in [0.5, 0.6) is 0 Å². The van der Waals surface area contributed by atoms with E-state index in [9.17, 15) is 10.2 Å². The standard InChI is InChI=1S/C25H52O3/c1-6-9-10-11-12-13-14-15-16-17-18-20-23(28-24(26)19-7-2)22(5)25(27)21(4)8-3/h21-27H,6-20H2,1-5H3. The van der Waals surface area contributed by atoms with Gasteiger partial charge in [0.15, 0.2) is 6.29 Å². The number of hydrogen-bond donors (Lipinski definition) is 2. The first-order valence-corrected chi connectivity index (χ1v) is 12.5. The summed E-state index contributed by atoms with van der Waals surface area (Å²) in [6.45, 7) is 10.6. The summed E-state index contributed by atoms with van der Waals surface area (Å²) in [5, 5.41) is 20.7. The Kier molecular flexibility index (Phi) is 18.8. The van der Waals surface area contributed by atoms with Gasteiger partial charge < -0.3 is 14.9 Å².